The van der Waals surface area contributed by atoms with Crippen molar-refractivity contribution in [3.8, 4) is 5.75 Å². The molecule has 0 fully saturated rings. The SMILES string of the molecule is N=C1C(c2nc3ccc(F)cc3[nH]2)=C(O)CN1c1ccccc1O. The number of anilines is 1. The maximum Gasteiger partial charge on any atom is 0.145 e. The molecule has 6 nitrogen and oxygen atoms in total. The standard InChI is InChI=1S/C17H13FN4O2/c18-9-5-6-10-11(7-9)21-17(20-10)15-14(24)8-22(16(15)19)12-3-1-2-4-13(12)23/h1-7,19,23-24H,8H2,(H,20,21). The molecular weight excluding hydrogens is 311 g/mol. The van der Waals surface area contributed by atoms with Crippen LogP contribution in [0.4, 0.5) is 10.1 Å². The minimum Gasteiger partial charge on any atom is -0.509 e. The van der Waals surface area contributed by atoms with Crippen LogP contribution in [-0.2, 0) is 0 Å². The minimum absolute atomic E-state index is 0.00790. The van der Waals surface area contributed by atoms with Gasteiger partial charge in [0.2, 0.25) is 0 Å². The van der Waals surface area contributed by atoms with E-state index < -0.39 is 5.82 Å². The predicted molar refractivity (Wildman–Crippen MR) is 88.8 cm³/mol. The molecule has 0 saturated carbocycles. The Bertz CT molecular complexity index is 1010. The monoisotopic (exact) mass is 324 g/mol. The van der Waals surface area contributed by atoms with Gasteiger partial charge in [0.15, 0.2) is 0 Å². The summed E-state index contributed by atoms with van der Waals surface area (Å²) in [5.74, 6) is -0.122. The molecule has 120 valence electrons. The molecule has 4 N–H and O–H groups in total. The number of amidine groups is 1. The fourth-order valence-corrected chi connectivity index (χ4v) is 2.83. The van der Waals surface area contributed by atoms with Crippen molar-refractivity contribution in [1.29, 1.82) is 5.41 Å². The van der Waals surface area contributed by atoms with Crippen molar-refractivity contribution >= 4 is 28.1 Å². The quantitative estimate of drug-likeness (QED) is 0.582. The summed E-state index contributed by atoms with van der Waals surface area (Å²) >= 11 is 0. The fourth-order valence-electron chi connectivity index (χ4n) is 2.83. The average molecular weight is 324 g/mol. The van der Waals surface area contributed by atoms with Crippen LogP contribution in [0, 0.1) is 11.2 Å². The molecule has 24 heavy (non-hydrogen) atoms. The average Bonchev–Trinajstić information content (AvgIpc) is 3.07. The van der Waals surface area contributed by atoms with Gasteiger partial charge in [-0.1, -0.05) is 12.1 Å². The number of rotatable bonds is 2. The van der Waals surface area contributed by atoms with Gasteiger partial charge in [-0.05, 0) is 30.3 Å². The highest BCUT2D eigenvalue weighted by molar-refractivity contribution is 6.30. The van der Waals surface area contributed by atoms with Gasteiger partial charge < -0.3 is 20.1 Å². The third-order valence-corrected chi connectivity index (χ3v) is 3.96. The number of benzene rings is 2. The molecule has 0 unspecified atom stereocenters. The lowest BCUT2D eigenvalue weighted by atomic mass is 10.2. The number of imidazole rings is 1. The van der Waals surface area contributed by atoms with E-state index in [0.717, 1.165) is 0 Å². The van der Waals surface area contributed by atoms with Crippen LogP contribution < -0.4 is 4.90 Å². The molecule has 0 radical (unpaired) electrons. The lowest BCUT2D eigenvalue weighted by Gasteiger charge is -2.19. The van der Waals surface area contributed by atoms with E-state index in [-0.39, 0.29) is 35.3 Å². The first-order valence-corrected chi connectivity index (χ1v) is 7.27. The molecule has 1 aromatic heterocycles. The molecule has 0 spiro atoms. The zero-order valence-electron chi connectivity index (χ0n) is 12.4. The molecule has 4 rings (SSSR count). The molecule has 3 aromatic rings. The summed E-state index contributed by atoms with van der Waals surface area (Å²) in [6.07, 6.45) is 0. The van der Waals surface area contributed by atoms with Gasteiger partial charge in [-0.25, -0.2) is 9.37 Å². The predicted octanol–water partition coefficient (Wildman–Crippen LogP) is 3.17. The first-order chi connectivity index (χ1) is 11.5. The Kier molecular flexibility index (Phi) is 3.02. The summed E-state index contributed by atoms with van der Waals surface area (Å²) in [7, 11) is 0. The van der Waals surface area contributed by atoms with Crippen LogP contribution in [0.1, 0.15) is 5.82 Å². The number of nitrogens with zero attached hydrogens (tertiary/aromatic N) is 2. The largest absolute Gasteiger partial charge is 0.509 e. The third kappa shape index (κ3) is 2.10. The molecule has 0 aliphatic carbocycles. The van der Waals surface area contributed by atoms with Gasteiger partial charge in [0, 0.05) is 0 Å². The maximum atomic E-state index is 13.3. The summed E-state index contributed by atoms with van der Waals surface area (Å²) in [6, 6.07) is 10.7. The fraction of sp³-hybridized carbons (Fsp3) is 0.0588. The molecule has 1 aliphatic heterocycles. The van der Waals surface area contributed by atoms with Gasteiger partial charge in [0.25, 0.3) is 0 Å². The van der Waals surface area contributed by atoms with Crippen LogP contribution in [0.5, 0.6) is 5.75 Å². The number of aliphatic hydroxyl groups excluding tert-OH is 1. The van der Waals surface area contributed by atoms with Crippen molar-refractivity contribution in [3.05, 3.63) is 59.9 Å². The van der Waals surface area contributed by atoms with Crippen LogP contribution in [0.15, 0.2) is 48.2 Å². The Hall–Kier alpha value is -3.35. The number of aromatic hydroxyl groups is 1. The van der Waals surface area contributed by atoms with Crippen LogP contribution >= 0.6 is 0 Å². The van der Waals surface area contributed by atoms with Crippen molar-refractivity contribution in [2.24, 2.45) is 0 Å². The molecule has 7 heteroatoms. The Labute approximate surface area is 136 Å². The van der Waals surface area contributed by atoms with Gasteiger partial charge in [0.05, 0.1) is 28.8 Å². The van der Waals surface area contributed by atoms with Gasteiger partial charge in [-0.2, -0.15) is 0 Å². The zero-order chi connectivity index (χ0) is 16.8. The molecule has 2 aromatic carbocycles. The summed E-state index contributed by atoms with van der Waals surface area (Å²) in [5.41, 5.74) is 1.68. The van der Waals surface area contributed by atoms with Crippen molar-refractivity contribution in [2.75, 3.05) is 11.4 Å². The first kappa shape index (κ1) is 14.3. The number of phenolic OH excluding ortho intramolecular Hbond substituents is 1. The van der Waals surface area contributed by atoms with E-state index in [1.807, 2.05) is 0 Å². The number of aromatic nitrogens is 2. The molecule has 2 heterocycles. The number of phenols is 1. The molecule has 1 aliphatic rings. The van der Waals surface area contributed by atoms with Gasteiger partial charge in [-0.15, -0.1) is 0 Å². The summed E-state index contributed by atoms with van der Waals surface area (Å²) in [6.45, 7) is 0.0527. The van der Waals surface area contributed by atoms with Crippen molar-refractivity contribution < 1.29 is 14.6 Å². The number of halogens is 1. The third-order valence-electron chi connectivity index (χ3n) is 3.96. The Balaban J connectivity index is 1.76. The van der Waals surface area contributed by atoms with Gasteiger partial charge >= 0.3 is 0 Å². The Morgan fingerprint density at radius 2 is 1.96 bits per heavy atom. The number of aromatic amines is 1. The lowest BCUT2D eigenvalue weighted by Crippen LogP contribution is -2.26. The van der Waals surface area contributed by atoms with E-state index in [2.05, 4.69) is 9.97 Å². The first-order valence-electron chi connectivity index (χ1n) is 7.27. The van der Waals surface area contributed by atoms with Crippen LogP contribution in [0.2, 0.25) is 0 Å². The second kappa shape index (κ2) is 5.09. The minimum atomic E-state index is -0.395. The Morgan fingerprint density at radius 3 is 2.75 bits per heavy atom. The number of H-pyrrole nitrogens is 1. The molecular formula is C17H13FN4O2. The number of nitrogens with one attached hydrogen (secondary N) is 2. The lowest BCUT2D eigenvalue weighted by molar-refractivity contribution is 0.410. The van der Waals surface area contributed by atoms with Crippen molar-refractivity contribution in [2.45, 2.75) is 0 Å². The topological polar surface area (TPSA) is 96.2 Å². The molecule has 0 bridgehead atoms. The van der Waals surface area contributed by atoms with E-state index in [9.17, 15) is 14.6 Å². The smallest absolute Gasteiger partial charge is 0.145 e. The van der Waals surface area contributed by atoms with Crippen LogP contribution in [-0.4, -0.2) is 32.6 Å². The number of hydrogen-bond donors (Lipinski definition) is 4. The van der Waals surface area contributed by atoms with Crippen molar-refractivity contribution in [3.63, 3.8) is 0 Å². The normalized spacial score (nSPS) is 14.9. The highest BCUT2D eigenvalue weighted by Gasteiger charge is 2.32. The zero-order valence-corrected chi connectivity index (χ0v) is 12.4. The molecule has 0 atom stereocenters. The highest BCUT2D eigenvalue weighted by atomic mass is 19.1. The van der Waals surface area contributed by atoms with Crippen LogP contribution in [0.3, 0.4) is 0 Å². The number of para-hydroxylation sites is 2. The van der Waals surface area contributed by atoms with E-state index in [1.54, 1.807) is 18.2 Å². The van der Waals surface area contributed by atoms with Crippen LogP contribution in [0.25, 0.3) is 16.6 Å². The molecule has 0 saturated heterocycles. The summed E-state index contributed by atoms with van der Waals surface area (Å²) < 4.78 is 13.3. The van der Waals surface area contributed by atoms with E-state index in [4.69, 9.17) is 5.41 Å². The van der Waals surface area contributed by atoms with E-state index in [0.29, 0.717) is 16.7 Å². The summed E-state index contributed by atoms with van der Waals surface area (Å²) in [5, 5.41) is 28.6. The Morgan fingerprint density at radius 1 is 1.17 bits per heavy atom. The summed E-state index contributed by atoms with van der Waals surface area (Å²) in [4.78, 5) is 8.72. The molecule has 0 amide bonds. The number of aliphatic hydroxyl groups is 1. The maximum absolute atomic E-state index is 13.3. The second-order valence-corrected chi connectivity index (χ2v) is 5.49. The van der Waals surface area contributed by atoms with Gasteiger partial charge in [-0.3, -0.25) is 5.41 Å². The second-order valence-electron chi connectivity index (χ2n) is 5.49. The van der Waals surface area contributed by atoms with Crippen molar-refractivity contribution in [1.82, 2.24) is 9.97 Å². The number of hydrogen-bond acceptors (Lipinski definition) is 4. The number of fused-ring (bicyclic) bond motifs is 1. The van der Waals surface area contributed by atoms with E-state index >= 15 is 0 Å². The van der Waals surface area contributed by atoms with E-state index in [1.165, 1.54) is 29.2 Å². The van der Waals surface area contributed by atoms with Gasteiger partial charge in [0.1, 0.15) is 29.0 Å². The highest BCUT2D eigenvalue weighted by Crippen LogP contribution is 2.35.